The Labute approximate surface area is 123 Å². The van der Waals surface area contributed by atoms with Gasteiger partial charge in [0.2, 0.25) is 0 Å². The molecule has 0 aromatic heterocycles. The summed E-state index contributed by atoms with van der Waals surface area (Å²) in [5.74, 6) is 1.09. The second-order valence-corrected chi connectivity index (χ2v) is 6.25. The first-order valence-electron chi connectivity index (χ1n) is 7.29. The van der Waals surface area contributed by atoms with E-state index in [0.29, 0.717) is 24.9 Å². The van der Waals surface area contributed by atoms with Gasteiger partial charge in [0.15, 0.2) is 0 Å². The van der Waals surface area contributed by atoms with Crippen LogP contribution in [0.5, 0.6) is 0 Å². The Hall–Kier alpha value is -1.07. The molecule has 1 atom stereocenters. The predicted molar refractivity (Wildman–Crippen MR) is 83.6 cm³/mol. The molecule has 0 bridgehead atoms. The van der Waals surface area contributed by atoms with Gasteiger partial charge in [0, 0.05) is 13.1 Å². The van der Waals surface area contributed by atoms with Crippen LogP contribution in [0.2, 0.25) is 0 Å². The minimum Gasteiger partial charge on any atom is -0.444 e. The van der Waals surface area contributed by atoms with Gasteiger partial charge in [-0.05, 0) is 45.7 Å². The van der Waals surface area contributed by atoms with E-state index in [2.05, 4.69) is 24.5 Å². The van der Waals surface area contributed by atoms with Crippen molar-refractivity contribution in [1.82, 2.24) is 10.6 Å². The molecular weight excluding hydrogens is 254 g/mol. The number of carbonyl (C=O) groups excluding carboxylic acids is 1. The number of nitrogens with two attached hydrogens (primary N) is 1. The van der Waals surface area contributed by atoms with E-state index in [1.54, 1.807) is 0 Å². The number of rotatable bonds is 8. The number of ether oxygens (including phenoxy) is 1. The summed E-state index contributed by atoms with van der Waals surface area (Å²) >= 11 is 0. The highest BCUT2D eigenvalue weighted by atomic mass is 16.6. The molecule has 0 aliphatic rings. The molecule has 0 spiro atoms. The van der Waals surface area contributed by atoms with Gasteiger partial charge in [-0.1, -0.05) is 26.0 Å². The summed E-state index contributed by atoms with van der Waals surface area (Å²) in [4.78, 5) is 11.4. The fourth-order valence-electron chi connectivity index (χ4n) is 1.57. The highest BCUT2D eigenvalue weighted by Crippen LogP contribution is 2.07. The maximum atomic E-state index is 11.4. The van der Waals surface area contributed by atoms with Gasteiger partial charge in [-0.2, -0.15) is 0 Å². The molecule has 0 fully saturated rings. The van der Waals surface area contributed by atoms with Crippen LogP contribution >= 0.6 is 0 Å². The minimum atomic E-state index is -0.455. The zero-order chi connectivity index (χ0) is 15.6. The van der Waals surface area contributed by atoms with E-state index >= 15 is 0 Å². The predicted octanol–water partition coefficient (Wildman–Crippen LogP) is 1.89. The van der Waals surface area contributed by atoms with Crippen molar-refractivity contribution >= 4 is 6.09 Å². The Morgan fingerprint density at radius 3 is 2.35 bits per heavy atom. The fraction of sp³-hybridized carbons (Fsp3) is 0.800. The topological polar surface area (TPSA) is 76.4 Å². The van der Waals surface area contributed by atoms with E-state index in [-0.39, 0.29) is 0 Å². The zero-order valence-electron chi connectivity index (χ0n) is 13.5. The summed E-state index contributed by atoms with van der Waals surface area (Å²) in [6, 6.07) is 0. The van der Waals surface area contributed by atoms with Crippen molar-refractivity contribution in [2.45, 2.75) is 40.2 Å². The number of carbonyl (C=O) groups is 1. The van der Waals surface area contributed by atoms with Crippen LogP contribution in [0, 0.1) is 11.8 Å². The summed E-state index contributed by atoms with van der Waals surface area (Å²) in [5.41, 5.74) is 5.25. The molecule has 118 valence electrons. The zero-order valence-corrected chi connectivity index (χ0v) is 13.5. The summed E-state index contributed by atoms with van der Waals surface area (Å²) in [7, 11) is 0. The molecule has 1 unspecified atom stereocenters. The summed E-state index contributed by atoms with van der Waals surface area (Å²) in [6.45, 7) is 12.8. The van der Waals surface area contributed by atoms with Crippen LogP contribution < -0.4 is 16.4 Å². The first-order chi connectivity index (χ1) is 9.26. The maximum Gasteiger partial charge on any atom is 0.407 e. The lowest BCUT2D eigenvalue weighted by Crippen LogP contribution is -2.33. The van der Waals surface area contributed by atoms with Crippen molar-refractivity contribution in [2.75, 3.05) is 26.2 Å². The van der Waals surface area contributed by atoms with Gasteiger partial charge in [0.05, 0.1) is 0 Å². The third kappa shape index (κ3) is 10.8. The Morgan fingerprint density at radius 1 is 1.25 bits per heavy atom. The molecular formula is C15H31N3O2. The van der Waals surface area contributed by atoms with E-state index in [4.69, 9.17) is 10.5 Å². The molecule has 0 rings (SSSR count). The van der Waals surface area contributed by atoms with Crippen molar-refractivity contribution in [3.63, 3.8) is 0 Å². The van der Waals surface area contributed by atoms with Crippen molar-refractivity contribution < 1.29 is 9.53 Å². The molecule has 0 saturated carbocycles. The molecule has 4 N–H and O–H groups in total. The molecule has 5 heteroatoms. The van der Waals surface area contributed by atoms with E-state index in [1.165, 1.54) is 0 Å². The monoisotopic (exact) mass is 285 g/mol. The molecule has 5 nitrogen and oxygen atoms in total. The van der Waals surface area contributed by atoms with E-state index in [0.717, 1.165) is 13.1 Å². The summed E-state index contributed by atoms with van der Waals surface area (Å²) < 4.78 is 5.12. The second kappa shape index (κ2) is 9.77. The third-order valence-corrected chi connectivity index (χ3v) is 2.84. The molecule has 0 aromatic carbocycles. The number of alkyl carbamates (subject to hydrolysis) is 1. The van der Waals surface area contributed by atoms with Crippen molar-refractivity contribution in [3.05, 3.63) is 12.2 Å². The average molecular weight is 285 g/mol. The highest BCUT2D eigenvalue weighted by molar-refractivity contribution is 5.67. The molecule has 0 aliphatic carbocycles. The van der Waals surface area contributed by atoms with Gasteiger partial charge >= 0.3 is 6.09 Å². The summed E-state index contributed by atoms with van der Waals surface area (Å²) in [6.07, 6.45) is 3.51. The lowest BCUT2D eigenvalue weighted by molar-refractivity contribution is 0.0534. The van der Waals surface area contributed by atoms with Crippen LogP contribution in [0.4, 0.5) is 4.79 Å². The normalized spacial score (nSPS) is 13.8. The van der Waals surface area contributed by atoms with Crippen LogP contribution in [0.25, 0.3) is 0 Å². The van der Waals surface area contributed by atoms with E-state index < -0.39 is 11.7 Å². The van der Waals surface area contributed by atoms with Crippen molar-refractivity contribution in [3.8, 4) is 0 Å². The first-order valence-corrected chi connectivity index (χ1v) is 7.29. The molecule has 0 saturated heterocycles. The van der Waals surface area contributed by atoms with Crippen LogP contribution in [-0.2, 0) is 4.74 Å². The number of hydrogen-bond donors (Lipinski definition) is 3. The number of nitrogens with one attached hydrogen (secondary N) is 2. The standard InChI is InChI=1S/C15H31N3O2/c1-12(2)13(10-16)11-17-8-6-7-9-18-14(19)20-15(3,4)5/h6-7,12-13,17H,8-11,16H2,1-5H3,(H,18,19)/b7-6+. The largest absolute Gasteiger partial charge is 0.444 e. The quantitative estimate of drug-likeness (QED) is 0.470. The Kier molecular flexibility index (Phi) is 9.25. The second-order valence-electron chi connectivity index (χ2n) is 6.25. The molecule has 0 aliphatic heterocycles. The van der Waals surface area contributed by atoms with Crippen LogP contribution in [0.1, 0.15) is 34.6 Å². The Morgan fingerprint density at radius 2 is 1.85 bits per heavy atom. The molecule has 0 radical (unpaired) electrons. The fourth-order valence-corrected chi connectivity index (χ4v) is 1.57. The highest BCUT2D eigenvalue weighted by Gasteiger charge is 2.14. The molecule has 1 amide bonds. The van der Waals surface area contributed by atoms with Crippen LogP contribution in [-0.4, -0.2) is 37.9 Å². The molecule has 0 aromatic rings. The smallest absolute Gasteiger partial charge is 0.407 e. The van der Waals surface area contributed by atoms with Crippen LogP contribution in [0.15, 0.2) is 12.2 Å². The summed E-state index contributed by atoms with van der Waals surface area (Å²) in [5, 5.41) is 6.01. The van der Waals surface area contributed by atoms with E-state index in [9.17, 15) is 4.79 Å². The lowest BCUT2D eigenvalue weighted by atomic mass is 9.96. The molecule has 0 heterocycles. The van der Waals surface area contributed by atoms with Crippen molar-refractivity contribution in [1.29, 1.82) is 0 Å². The van der Waals surface area contributed by atoms with E-state index in [1.807, 2.05) is 32.9 Å². The number of hydrogen-bond acceptors (Lipinski definition) is 4. The number of amides is 1. The lowest BCUT2D eigenvalue weighted by Gasteiger charge is -2.19. The van der Waals surface area contributed by atoms with Gasteiger partial charge in [-0.3, -0.25) is 0 Å². The molecule has 20 heavy (non-hydrogen) atoms. The average Bonchev–Trinajstić information content (AvgIpc) is 2.29. The van der Waals surface area contributed by atoms with Crippen LogP contribution in [0.3, 0.4) is 0 Å². The van der Waals surface area contributed by atoms with Gasteiger partial charge in [0.1, 0.15) is 5.60 Å². The van der Waals surface area contributed by atoms with Gasteiger partial charge in [-0.15, -0.1) is 0 Å². The van der Waals surface area contributed by atoms with Gasteiger partial charge in [0.25, 0.3) is 0 Å². The van der Waals surface area contributed by atoms with Gasteiger partial charge < -0.3 is 21.1 Å². The minimum absolute atomic E-state index is 0.391. The Bertz CT molecular complexity index is 296. The maximum absolute atomic E-state index is 11.4. The Balaban J connectivity index is 3.65. The first kappa shape index (κ1) is 18.9. The van der Waals surface area contributed by atoms with Gasteiger partial charge in [-0.25, -0.2) is 4.79 Å². The SMILES string of the molecule is CC(C)C(CN)CNC/C=C/CNC(=O)OC(C)(C)C. The third-order valence-electron chi connectivity index (χ3n) is 2.84. The van der Waals surface area contributed by atoms with Crippen molar-refractivity contribution in [2.24, 2.45) is 17.6 Å².